The van der Waals surface area contributed by atoms with Gasteiger partial charge >= 0.3 is 0 Å². The first kappa shape index (κ1) is 27.0. The summed E-state index contributed by atoms with van der Waals surface area (Å²) in [5, 5.41) is 17.2. The highest BCUT2D eigenvalue weighted by molar-refractivity contribution is 6.34. The number of anilines is 4. The highest BCUT2D eigenvalue weighted by Crippen LogP contribution is 2.25. The number of carbonyl (C=O) groups excluding carboxylic acids is 1. The molecule has 0 bridgehead atoms. The van der Waals surface area contributed by atoms with Crippen LogP contribution in [0.5, 0.6) is 5.75 Å². The number of morpholine rings is 1. The Morgan fingerprint density at radius 1 is 1.10 bits per heavy atom. The highest BCUT2D eigenvalue weighted by Gasteiger charge is 2.18. The van der Waals surface area contributed by atoms with E-state index in [0.717, 1.165) is 6.20 Å². The van der Waals surface area contributed by atoms with Gasteiger partial charge in [-0.15, -0.1) is 0 Å². The molecule has 0 spiro atoms. The van der Waals surface area contributed by atoms with Gasteiger partial charge in [-0.2, -0.15) is 10.1 Å². The Morgan fingerprint density at radius 3 is 2.67 bits per heavy atom. The van der Waals surface area contributed by atoms with Crippen LogP contribution < -0.4 is 15.6 Å². The van der Waals surface area contributed by atoms with Crippen molar-refractivity contribution in [1.82, 2.24) is 15.0 Å². The van der Waals surface area contributed by atoms with Crippen molar-refractivity contribution in [2.75, 3.05) is 41.9 Å². The molecule has 3 heterocycles. The molecule has 1 aliphatic rings. The number of benzene rings is 2. The van der Waals surface area contributed by atoms with Gasteiger partial charge in [-0.25, -0.2) is 14.8 Å². The number of phenols is 1. The maximum absolute atomic E-state index is 14.2. The third-order valence-electron chi connectivity index (χ3n) is 6.02. The second kappa shape index (κ2) is 12.5. The summed E-state index contributed by atoms with van der Waals surface area (Å²) in [5.41, 5.74) is 5.77. The largest absolute Gasteiger partial charge is 0.508 e. The number of halogens is 2. The third-order valence-corrected chi connectivity index (χ3v) is 6.33. The van der Waals surface area contributed by atoms with Gasteiger partial charge in [0.15, 0.2) is 17.4 Å². The van der Waals surface area contributed by atoms with Crippen molar-refractivity contribution in [1.29, 1.82) is 0 Å². The molecule has 5 rings (SSSR count). The lowest BCUT2D eigenvalue weighted by Crippen LogP contribution is -2.37. The van der Waals surface area contributed by atoms with Crippen molar-refractivity contribution in [3.8, 4) is 5.75 Å². The van der Waals surface area contributed by atoms with Crippen LogP contribution in [-0.2, 0) is 11.2 Å². The quantitative estimate of drug-likeness (QED) is 0.150. The number of rotatable bonds is 9. The molecule has 204 valence electrons. The second-order valence-corrected chi connectivity index (χ2v) is 9.30. The van der Waals surface area contributed by atoms with Crippen LogP contribution in [0, 0.1) is 5.82 Å². The summed E-state index contributed by atoms with van der Waals surface area (Å²) in [5.74, 6) is -0.170. The normalized spacial score (nSPS) is 13.4. The zero-order chi connectivity index (χ0) is 27.9. The number of hydrogen-bond acceptors (Lipinski definition) is 10. The van der Waals surface area contributed by atoms with Crippen molar-refractivity contribution in [3.63, 3.8) is 0 Å². The van der Waals surface area contributed by atoms with E-state index < -0.39 is 5.82 Å². The number of nitrogens with one attached hydrogen (secondary N) is 2. The Bertz CT molecular complexity index is 1530. The summed E-state index contributed by atoms with van der Waals surface area (Å²) < 4.78 is 19.5. The van der Waals surface area contributed by atoms with E-state index >= 15 is 0 Å². The SMILES string of the molecule is O=C(Cc1cccc(O)c1)c1ccc(Nc2ccc(/C=N\Nc3ncc(F)c(N4CCOCC4)n3)nc2)cc1Cl. The number of carbonyl (C=O) groups is 1. The van der Waals surface area contributed by atoms with Gasteiger partial charge in [0.1, 0.15) is 5.75 Å². The average molecular weight is 562 g/mol. The molecule has 40 heavy (non-hydrogen) atoms. The lowest BCUT2D eigenvalue weighted by molar-refractivity contribution is 0.0993. The number of pyridine rings is 1. The zero-order valence-corrected chi connectivity index (χ0v) is 22.0. The standard InChI is InChI=1S/C28H25ClFN7O3/c29-24-14-19(6-7-23(24)26(39)13-18-2-1-3-22(38)12-18)34-21-5-4-20(31-15-21)16-33-36-28-32-17-25(30)27(35-28)37-8-10-40-11-9-37/h1-7,12,14-17,34,38H,8-11,13H2,(H,32,35,36)/b33-16-. The van der Waals surface area contributed by atoms with E-state index in [9.17, 15) is 14.3 Å². The molecular weight excluding hydrogens is 537 g/mol. The molecule has 1 fully saturated rings. The van der Waals surface area contributed by atoms with Crippen LogP contribution in [0.3, 0.4) is 0 Å². The molecule has 0 radical (unpaired) electrons. The monoisotopic (exact) mass is 561 g/mol. The Balaban J connectivity index is 1.17. The van der Waals surface area contributed by atoms with Crippen LogP contribution in [0.1, 0.15) is 21.6 Å². The lowest BCUT2D eigenvalue weighted by Gasteiger charge is -2.27. The fourth-order valence-electron chi connectivity index (χ4n) is 4.05. The Morgan fingerprint density at radius 2 is 1.93 bits per heavy atom. The van der Waals surface area contributed by atoms with Crippen LogP contribution in [-0.4, -0.2) is 58.4 Å². The van der Waals surface area contributed by atoms with Crippen LogP contribution in [0.25, 0.3) is 0 Å². The van der Waals surface area contributed by atoms with Gasteiger partial charge in [0.05, 0.1) is 48.2 Å². The minimum Gasteiger partial charge on any atom is -0.508 e. The number of phenolic OH excluding ortho intramolecular Hbond substituents is 1. The minimum absolute atomic E-state index is 0.109. The van der Waals surface area contributed by atoms with Crippen LogP contribution in [0.2, 0.25) is 5.02 Å². The molecule has 10 nitrogen and oxygen atoms in total. The summed E-state index contributed by atoms with van der Waals surface area (Å²) in [4.78, 5) is 27.0. The number of nitrogens with zero attached hydrogens (tertiary/aromatic N) is 5. The van der Waals surface area contributed by atoms with Crippen LogP contribution in [0.15, 0.2) is 72.1 Å². The van der Waals surface area contributed by atoms with Crippen molar-refractivity contribution in [2.24, 2.45) is 5.10 Å². The lowest BCUT2D eigenvalue weighted by atomic mass is 10.0. The van der Waals surface area contributed by atoms with E-state index in [1.807, 2.05) is 6.07 Å². The smallest absolute Gasteiger partial charge is 0.245 e. The van der Waals surface area contributed by atoms with E-state index in [2.05, 4.69) is 30.8 Å². The maximum Gasteiger partial charge on any atom is 0.245 e. The van der Waals surface area contributed by atoms with E-state index in [4.69, 9.17) is 16.3 Å². The first-order valence-corrected chi connectivity index (χ1v) is 12.8. The molecule has 2 aromatic carbocycles. The van der Waals surface area contributed by atoms with Crippen molar-refractivity contribution >= 4 is 46.7 Å². The second-order valence-electron chi connectivity index (χ2n) is 8.90. The molecule has 12 heteroatoms. The molecule has 4 aromatic rings. The van der Waals surface area contributed by atoms with Gasteiger partial charge in [0.2, 0.25) is 5.95 Å². The maximum atomic E-state index is 14.2. The molecular formula is C28H25ClFN7O3. The number of hydrazone groups is 1. The average Bonchev–Trinajstić information content (AvgIpc) is 2.95. The van der Waals surface area contributed by atoms with E-state index in [1.54, 1.807) is 59.6 Å². The van der Waals surface area contributed by atoms with Crippen molar-refractivity contribution < 1.29 is 19.0 Å². The summed E-state index contributed by atoms with van der Waals surface area (Å²) in [6.45, 7) is 2.13. The number of hydrogen-bond donors (Lipinski definition) is 3. The fourth-order valence-corrected chi connectivity index (χ4v) is 4.34. The summed E-state index contributed by atoms with van der Waals surface area (Å²) in [6, 6.07) is 15.2. The van der Waals surface area contributed by atoms with Gasteiger partial charge in [-0.1, -0.05) is 23.7 Å². The Kier molecular flexibility index (Phi) is 8.43. The third kappa shape index (κ3) is 6.87. The van der Waals surface area contributed by atoms with Gasteiger partial charge in [-0.3, -0.25) is 9.78 Å². The number of ketones is 1. The van der Waals surface area contributed by atoms with Crippen molar-refractivity contribution in [3.05, 3.63) is 94.7 Å². The first-order valence-electron chi connectivity index (χ1n) is 12.4. The highest BCUT2D eigenvalue weighted by atomic mass is 35.5. The molecule has 3 N–H and O–H groups in total. The van der Waals surface area contributed by atoms with Gasteiger partial charge < -0.3 is 20.1 Å². The topological polar surface area (TPSA) is 125 Å². The summed E-state index contributed by atoms with van der Waals surface area (Å²) in [6.07, 6.45) is 4.36. The molecule has 1 saturated heterocycles. The first-order chi connectivity index (χ1) is 19.4. The predicted molar refractivity (Wildman–Crippen MR) is 151 cm³/mol. The fraction of sp³-hybridized carbons (Fsp3) is 0.179. The number of aromatic hydroxyl groups is 1. The van der Waals surface area contributed by atoms with Gasteiger partial charge in [0.25, 0.3) is 0 Å². The minimum atomic E-state index is -0.503. The molecule has 0 aliphatic carbocycles. The Labute approximate surface area is 234 Å². The zero-order valence-electron chi connectivity index (χ0n) is 21.2. The van der Waals surface area contributed by atoms with Gasteiger partial charge in [0, 0.05) is 30.8 Å². The molecule has 1 aliphatic heterocycles. The van der Waals surface area contributed by atoms with Gasteiger partial charge in [-0.05, 0) is 48.0 Å². The number of Topliss-reactive ketones (excluding diaryl/α,β-unsaturated/α-hetero) is 1. The molecule has 0 atom stereocenters. The van der Waals surface area contributed by atoms with Crippen LogP contribution >= 0.6 is 11.6 Å². The van der Waals surface area contributed by atoms with Crippen LogP contribution in [0.4, 0.5) is 27.5 Å². The van der Waals surface area contributed by atoms with E-state index in [-0.39, 0.29) is 29.7 Å². The molecule has 0 amide bonds. The van der Waals surface area contributed by atoms with E-state index in [1.165, 1.54) is 6.21 Å². The summed E-state index contributed by atoms with van der Waals surface area (Å²) >= 11 is 6.39. The number of ether oxygens (including phenoxy) is 1. The van der Waals surface area contributed by atoms with E-state index in [0.29, 0.717) is 59.5 Å². The Hall–Kier alpha value is -4.61. The molecule has 2 aromatic heterocycles. The molecule has 0 saturated carbocycles. The number of aromatic nitrogens is 3. The molecule has 0 unspecified atom stereocenters. The summed E-state index contributed by atoms with van der Waals surface area (Å²) in [7, 11) is 0. The predicted octanol–water partition coefficient (Wildman–Crippen LogP) is 4.82. The van der Waals surface area contributed by atoms with Crippen molar-refractivity contribution in [2.45, 2.75) is 6.42 Å².